The summed E-state index contributed by atoms with van der Waals surface area (Å²) in [6.45, 7) is 17.7. The van der Waals surface area contributed by atoms with Crippen molar-refractivity contribution in [2.24, 2.45) is 41.1 Å². The Morgan fingerprint density at radius 2 is 1.49 bits per heavy atom. The average molecular weight is 739 g/mol. The lowest BCUT2D eigenvalue weighted by Crippen LogP contribution is -2.58. The fraction of sp³-hybridized carbons (Fsp3) is 0.447. The molecule has 4 heterocycles. The van der Waals surface area contributed by atoms with Gasteiger partial charge in [-0.15, -0.1) is 6.58 Å². The van der Waals surface area contributed by atoms with Crippen molar-refractivity contribution in [3.05, 3.63) is 162 Å². The molecule has 0 spiro atoms. The molecule has 0 amide bonds. The van der Waals surface area contributed by atoms with Crippen LogP contribution in [0.25, 0.3) is 0 Å². The van der Waals surface area contributed by atoms with E-state index in [0.29, 0.717) is 29.6 Å². The molecule has 8 N–H and O–H groups in total. The van der Waals surface area contributed by atoms with Crippen LogP contribution in [-0.2, 0) is 23.9 Å². The molecule has 2 aromatic rings. The first kappa shape index (κ1) is 37.4. The van der Waals surface area contributed by atoms with Crippen molar-refractivity contribution in [3.8, 4) is 0 Å². The highest BCUT2D eigenvalue weighted by atomic mass is 16.1. The fourth-order valence-corrected chi connectivity index (χ4v) is 12.0. The minimum absolute atomic E-state index is 0.0307. The minimum atomic E-state index is -0.434. The van der Waals surface area contributed by atoms with Gasteiger partial charge < -0.3 is 32.1 Å². The molecule has 8 heteroatoms. The van der Waals surface area contributed by atoms with E-state index < -0.39 is 5.54 Å². The number of pyridine rings is 2. The van der Waals surface area contributed by atoms with Crippen molar-refractivity contribution in [3.63, 3.8) is 0 Å². The Morgan fingerprint density at radius 3 is 2.22 bits per heavy atom. The summed E-state index contributed by atoms with van der Waals surface area (Å²) in [5, 5.41) is 7.20. The molecule has 6 aliphatic carbocycles. The number of hydrogen-bond donors (Lipinski definition) is 6. The molecule has 0 aromatic carbocycles. The maximum absolute atomic E-state index is 11.6. The normalized spacial score (nSPS) is 35.4. The maximum Gasteiger partial charge on any atom is 0.248 e. The summed E-state index contributed by atoms with van der Waals surface area (Å²) in [5.74, 6) is 2.42. The van der Waals surface area contributed by atoms with Crippen LogP contribution in [0.3, 0.4) is 0 Å². The van der Waals surface area contributed by atoms with E-state index in [1.54, 1.807) is 12.1 Å². The van der Waals surface area contributed by atoms with E-state index >= 15 is 0 Å². The van der Waals surface area contributed by atoms with Crippen LogP contribution in [0, 0.1) is 29.6 Å². The second kappa shape index (κ2) is 13.9. The first-order chi connectivity index (χ1) is 26.3. The number of nitrogens with two attached hydrogens (primary N) is 2. The van der Waals surface area contributed by atoms with Crippen LogP contribution in [0.1, 0.15) is 88.7 Å². The Kier molecular flexibility index (Phi) is 9.46. The smallest absolute Gasteiger partial charge is 0.248 e. The van der Waals surface area contributed by atoms with Gasteiger partial charge >= 0.3 is 0 Å². The van der Waals surface area contributed by atoms with Crippen LogP contribution < -0.4 is 33.2 Å². The van der Waals surface area contributed by atoms with Gasteiger partial charge in [-0.25, -0.2) is 0 Å². The van der Waals surface area contributed by atoms with Gasteiger partial charge in [0, 0.05) is 46.8 Å². The molecule has 1 saturated heterocycles. The van der Waals surface area contributed by atoms with E-state index in [9.17, 15) is 9.59 Å². The van der Waals surface area contributed by atoms with E-state index in [1.807, 2.05) is 18.2 Å². The predicted molar refractivity (Wildman–Crippen MR) is 223 cm³/mol. The highest BCUT2D eigenvalue weighted by Gasteiger charge is 2.52. The number of piperidine rings is 1. The Hall–Kier alpha value is -4.50. The number of fused-ring (bicyclic) bond motifs is 8. The molecule has 1 fully saturated rings. The first-order valence-electron chi connectivity index (χ1n) is 20.2. The predicted octanol–water partition coefficient (Wildman–Crippen LogP) is 6.87. The van der Waals surface area contributed by atoms with Gasteiger partial charge in [-0.3, -0.25) is 9.59 Å². The number of nitrogens with one attached hydrogen (secondary N) is 4. The van der Waals surface area contributed by atoms with Crippen LogP contribution in [0.5, 0.6) is 0 Å². The van der Waals surface area contributed by atoms with Gasteiger partial charge in [0.05, 0.1) is 16.6 Å². The molecule has 10 rings (SSSR count). The van der Waals surface area contributed by atoms with Crippen molar-refractivity contribution >= 4 is 0 Å². The molecule has 0 saturated carbocycles. The first-order valence-corrected chi connectivity index (χ1v) is 20.2. The highest BCUT2D eigenvalue weighted by molar-refractivity contribution is 5.51. The molecule has 8 nitrogen and oxygen atoms in total. The molecule has 0 unspecified atom stereocenters. The molecule has 8 atom stereocenters. The number of rotatable bonds is 1. The second-order valence-electron chi connectivity index (χ2n) is 17.6. The highest BCUT2D eigenvalue weighted by Crippen LogP contribution is 2.53. The average Bonchev–Trinajstić information content (AvgIpc) is 3.10. The third-order valence-electron chi connectivity index (χ3n) is 13.8. The molecule has 2 aromatic heterocycles. The van der Waals surface area contributed by atoms with Crippen molar-refractivity contribution < 1.29 is 0 Å². The Bertz CT molecular complexity index is 2260. The van der Waals surface area contributed by atoms with Crippen molar-refractivity contribution in [2.45, 2.75) is 95.7 Å². The van der Waals surface area contributed by atoms with Crippen LogP contribution in [0.15, 0.2) is 129 Å². The third kappa shape index (κ3) is 6.27. The van der Waals surface area contributed by atoms with Crippen molar-refractivity contribution in [1.82, 2.24) is 20.6 Å². The zero-order chi connectivity index (χ0) is 38.9. The Morgan fingerprint density at radius 1 is 0.818 bits per heavy atom. The van der Waals surface area contributed by atoms with Gasteiger partial charge in [0.15, 0.2) is 0 Å². The second-order valence-corrected chi connectivity index (χ2v) is 17.6. The van der Waals surface area contributed by atoms with Gasteiger partial charge in [0.25, 0.3) is 0 Å². The lowest BCUT2D eigenvalue weighted by Gasteiger charge is -2.54. The molecule has 288 valence electrons. The topological polar surface area (TPSA) is 142 Å². The summed E-state index contributed by atoms with van der Waals surface area (Å²) in [5.41, 5.74) is 26.3. The molecule has 55 heavy (non-hydrogen) atoms. The lowest BCUT2D eigenvalue weighted by molar-refractivity contribution is 0.0883. The zero-order valence-electron chi connectivity index (χ0n) is 33.0. The van der Waals surface area contributed by atoms with Gasteiger partial charge in [0.1, 0.15) is 0 Å². The molecule has 0 radical (unpaired) electrons. The quantitative estimate of drug-likeness (QED) is 0.177. The van der Waals surface area contributed by atoms with Gasteiger partial charge in [-0.2, -0.15) is 0 Å². The van der Waals surface area contributed by atoms with E-state index in [-0.39, 0.29) is 22.2 Å². The number of aromatic amines is 2. The standard InChI is InChI=1S/C16H20N2O.C16H20N2.C15H18N2O/c1-10-7-11-8-14-13(4-5-15(19)18-14)16(9-10)12(11)3-2-6-17-16;1-4-13-12-7-10(2)9-16(13,17)14-6-5-11(3)18-15(14)8-12;1-3-11-10-6-9(2)8-15(11,16)12-4-5-14(18)17-13(12)7-10/h4-5,7,11-12,17H,2-3,6,8-9H2,1H3,(H,18,19);4-7,12-13,18H,1,3,8-9,17H2,2H3;3-6,10H,7-8,16H2,1-2H3,(H,17,18)/b;;11-3+/t11-,12+,16+;12-,13+,16+;10-,15+/m000/s1. The van der Waals surface area contributed by atoms with Crippen LogP contribution in [-0.4, -0.2) is 22.1 Å². The van der Waals surface area contributed by atoms with Crippen molar-refractivity contribution in [1.29, 1.82) is 0 Å². The lowest BCUT2D eigenvalue weighted by atomic mass is 9.57. The van der Waals surface area contributed by atoms with E-state index in [0.717, 1.165) is 67.7 Å². The molecule has 6 bridgehead atoms. The van der Waals surface area contributed by atoms with E-state index in [1.165, 1.54) is 52.0 Å². The number of aromatic nitrogens is 2. The minimum Gasteiger partial charge on any atom is -0.359 e. The summed E-state index contributed by atoms with van der Waals surface area (Å²) in [6.07, 6.45) is 23.7. The van der Waals surface area contributed by atoms with Gasteiger partial charge in [0.2, 0.25) is 11.1 Å². The summed E-state index contributed by atoms with van der Waals surface area (Å²) in [6, 6.07) is 7.23. The SMILES string of the molecule is C/C=C1\[C@H]2C=C(C)C[C@]1(N)c1ccc(=O)[nH]c1C2.C=C[C@@H]1[C@H]2C=C(C)C[C@]1(N)C1=C(C2)NC(=C)C=C1.CC1=C[C@H]2Cc3[nH]c(=O)ccc3[C@]3(C1)NCCC[C@H]23. The van der Waals surface area contributed by atoms with Gasteiger partial charge in [-0.05, 0) is 144 Å². The summed E-state index contributed by atoms with van der Waals surface area (Å²) in [4.78, 5) is 29.1. The van der Waals surface area contributed by atoms with E-state index in [2.05, 4.69) is 97.9 Å². The maximum atomic E-state index is 11.6. The number of H-pyrrole nitrogens is 2. The number of allylic oxidation sites excluding steroid dienone is 6. The van der Waals surface area contributed by atoms with Crippen LogP contribution in [0.2, 0.25) is 0 Å². The molecular weight excluding hydrogens is 681 g/mol. The Balaban J connectivity index is 0.000000117. The monoisotopic (exact) mass is 738 g/mol. The number of hydrogen-bond acceptors (Lipinski definition) is 6. The number of dihydropyridines is 1. The van der Waals surface area contributed by atoms with Gasteiger partial charge in [-0.1, -0.05) is 59.8 Å². The third-order valence-corrected chi connectivity index (χ3v) is 13.8. The summed E-state index contributed by atoms with van der Waals surface area (Å²) in [7, 11) is 0. The Labute approximate surface area is 325 Å². The molecule has 2 aliphatic heterocycles. The largest absolute Gasteiger partial charge is 0.359 e. The molecule has 8 aliphatic rings. The molecular formula is C47H58N6O2. The van der Waals surface area contributed by atoms with E-state index in [4.69, 9.17) is 11.5 Å². The summed E-state index contributed by atoms with van der Waals surface area (Å²) >= 11 is 0. The van der Waals surface area contributed by atoms with Crippen LogP contribution >= 0.6 is 0 Å². The van der Waals surface area contributed by atoms with Crippen LogP contribution in [0.4, 0.5) is 0 Å². The fourth-order valence-electron chi connectivity index (χ4n) is 12.0. The van der Waals surface area contributed by atoms with Crippen molar-refractivity contribution in [2.75, 3.05) is 6.54 Å². The zero-order valence-corrected chi connectivity index (χ0v) is 33.0. The summed E-state index contributed by atoms with van der Waals surface area (Å²) < 4.78 is 0.